The molecule has 33 heavy (non-hydrogen) atoms. The first kappa shape index (κ1) is 23.8. The molecule has 0 amide bonds. The van der Waals surface area contributed by atoms with Crippen LogP contribution in [-0.4, -0.2) is 75.0 Å². The van der Waals surface area contributed by atoms with Gasteiger partial charge < -0.3 is 24.0 Å². The molecule has 180 valence electrons. The molecule has 2 saturated heterocycles. The number of rotatable bonds is 11. The van der Waals surface area contributed by atoms with Crippen LogP contribution in [0.5, 0.6) is 11.5 Å². The van der Waals surface area contributed by atoms with Crippen molar-refractivity contribution in [2.45, 2.75) is 38.5 Å². The summed E-state index contributed by atoms with van der Waals surface area (Å²) in [5, 5.41) is 0. The van der Waals surface area contributed by atoms with Gasteiger partial charge in [-0.05, 0) is 74.9 Å². The maximum absolute atomic E-state index is 6.10. The van der Waals surface area contributed by atoms with Gasteiger partial charge in [0.05, 0.1) is 13.7 Å². The number of methoxy groups -OCH3 is 1. The van der Waals surface area contributed by atoms with Crippen LogP contribution in [0.25, 0.3) is 0 Å². The summed E-state index contributed by atoms with van der Waals surface area (Å²) in [5.74, 6) is 4.01. The lowest BCUT2D eigenvalue weighted by atomic mass is 10.00. The second-order valence-corrected chi connectivity index (χ2v) is 9.18. The van der Waals surface area contributed by atoms with Gasteiger partial charge in [0.25, 0.3) is 0 Å². The Labute approximate surface area is 198 Å². The van der Waals surface area contributed by atoms with Crippen LogP contribution in [0.4, 0.5) is 5.82 Å². The molecular weight excluding hydrogens is 416 g/mol. The molecule has 7 heteroatoms. The van der Waals surface area contributed by atoms with Crippen molar-refractivity contribution in [3.8, 4) is 11.5 Å². The summed E-state index contributed by atoms with van der Waals surface area (Å²) < 4.78 is 17.1. The minimum Gasteiger partial charge on any atom is -0.493 e. The normalized spacial score (nSPS) is 17.3. The van der Waals surface area contributed by atoms with E-state index < -0.39 is 0 Å². The van der Waals surface area contributed by atoms with E-state index in [2.05, 4.69) is 34.0 Å². The molecule has 3 heterocycles. The monoisotopic (exact) mass is 454 g/mol. The van der Waals surface area contributed by atoms with E-state index in [9.17, 15) is 0 Å². The van der Waals surface area contributed by atoms with Gasteiger partial charge in [0.2, 0.25) is 0 Å². The van der Waals surface area contributed by atoms with E-state index in [1.807, 2.05) is 18.3 Å². The van der Waals surface area contributed by atoms with Crippen LogP contribution < -0.4 is 14.4 Å². The predicted octanol–water partition coefficient (Wildman–Crippen LogP) is 3.80. The van der Waals surface area contributed by atoms with Crippen molar-refractivity contribution in [3.63, 3.8) is 0 Å². The highest BCUT2D eigenvalue weighted by Crippen LogP contribution is 2.29. The maximum Gasteiger partial charge on any atom is 0.161 e. The van der Waals surface area contributed by atoms with Crippen LogP contribution in [0.2, 0.25) is 0 Å². The Morgan fingerprint density at radius 3 is 2.73 bits per heavy atom. The van der Waals surface area contributed by atoms with Crippen LogP contribution >= 0.6 is 0 Å². The predicted molar refractivity (Wildman–Crippen MR) is 130 cm³/mol. The van der Waals surface area contributed by atoms with E-state index in [1.165, 1.54) is 25.9 Å². The molecule has 1 aromatic heterocycles. The number of likely N-dealkylation sites (tertiary alicyclic amines) is 1. The fraction of sp³-hybridized carbons (Fsp3) is 0.615. The molecule has 0 aliphatic carbocycles. The van der Waals surface area contributed by atoms with Gasteiger partial charge in [-0.25, -0.2) is 9.97 Å². The van der Waals surface area contributed by atoms with Gasteiger partial charge >= 0.3 is 0 Å². The summed E-state index contributed by atoms with van der Waals surface area (Å²) >= 11 is 0. The molecule has 0 N–H and O–H groups in total. The molecule has 0 spiro atoms. The zero-order valence-corrected chi connectivity index (χ0v) is 20.2. The van der Waals surface area contributed by atoms with Crippen molar-refractivity contribution in [2.75, 3.05) is 65.1 Å². The van der Waals surface area contributed by atoms with Gasteiger partial charge in [-0.15, -0.1) is 0 Å². The Hall–Kier alpha value is -2.38. The van der Waals surface area contributed by atoms with Gasteiger partial charge in [-0.2, -0.15) is 0 Å². The van der Waals surface area contributed by atoms with E-state index in [-0.39, 0.29) is 0 Å². The Morgan fingerprint density at radius 1 is 1.12 bits per heavy atom. The lowest BCUT2D eigenvalue weighted by Crippen LogP contribution is -2.30. The number of nitrogens with zero attached hydrogens (tertiary/aromatic N) is 4. The minimum absolute atomic E-state index is 0.660. The maximum atomic E-state index is 6.10. The molecule has 4 rings (SSSR count). The van der Waals surface area contributed by atoms with E-state index in [0.717, 1.165) is 74.3 Å². The van der Waals surface area contributed by atoms with Crippen molar-refractivity contribution in [1.29, 1.82) is 0 Å². The first-order chi connectivity index (χ1) is 16.2. The van der Waals surface area contributed by atoms with Crippen molar-refractivity contribution >= 4 is 5.82 Å². The van der Waals surface area contributed by atoms with Gasteiger partial charge in [-0.1, -0.05) is 6.07 Å². The van der Waals surface area contributed by atoms with Crippen LogP contribution in [0.1, 0.15) is 43.5 Å². The smallest absolute Gasteiger partial charge is 0.161 e. The summed E-state index contributed by atoms with van der Waals surface area (Å²) in [7, 11) is 3.80. The highest BCUT2D eigenvalue weighted by atomic mass is 16.5. The standard InChI is InChI=1S/C26H38N4O3/c1-29(20-21-9-16-32-17-10-21)26-8-11-27-25(28-26)19-22-6-7-23(31-2)24(18-22)33-15-5-14-30-12-3-4-13-30/h6-8,11,18,21H,3-5,9-10,12-17,19-20H2,1-2H3. The van der Waals surface area contributed by atoms with E-state index in [1.54, 1.807) is 7.11 Å². The molecule has 7 nitrogen and oxygen atoms in total. The molecular formula is C26H38N4O3. The molecule has 1 aromatic carbocycles. The zero-order valence-electron chi connectivity index (χ0n) is 20.2. The summed E-state index contributed by atoms with van der Waals surface area (Å²) in [6, 6.07) is 8.10. The third-order valence-electron chi connectivity index (χ3n) is 6.62. The lowest BCUT2D eigenvalue weighted by Gasteiger charge is -2.27. The minimum atomic E-state index is 0.660. The summed E-state index contributed by atoms with van der Waals surface area (Å²) in [5.41, 5.74) is 1.12. The summed E-state index contributed by atoms with van der Waals surface area (Å²) in [4.78, 5) is 14.1. The Morgan fingerprint density at radius 2 is 1.94 bits per heavy atom. The van der Waals surface area contributed by atoms with Gasteiger partial charge in [-0.3, -0.25) is 0 Å². The molecule has 0 radical (unpaired) electrons. The highest BCUT2D eigenvalue weighted by Gasteiger charge is 2.17. The SMILES string of the molecule is COc1ccc(Cc2nccc(N(C)CC3CCOCC3)n2)cc1OCCCN1CCCC1. The molecule has 0 unspecified atom stereocenters. The number of anilines is 1. The Kier molecular flexibility index (Phi) is 8.78. The fourth-order valence-electron chi connectivity index (χ4n) is 4.70. The second-order valence-electron chi connectivity index (χ2n) is 9.18. The second kappa shape index (κ2) is 12.2. The Bertz CT molecular complexity index is 866. The highest BCUT2D eigenvalue weighted by molar-refractivity contribution is 5.44. The topological polar surface area (TPSA) is 60.0 Å². The summed E-state index contributed by atoms with van der Waals surface area (Å²) in [6.07, 6.45) is 8.43. The van der Waals surface area contributed by atoms with Crippen molar-refractivity contribution in [1.82, 2.24) is 14.9 Å². The Balaban J connectivity index is 1.34. The van der Waals surface area contributed by atoms with E-state index in [4.69, 9.17) is 19.2 Å². The molecule has 0 saturated carbocycles. The van der Waals surface area contributed by atoms with Crippen LogP contribution in [0, 0.1) is 5.92 Å². The summed E-state index contributed by atoms with van der Waals surface area (Å²) in [6.45, 7) is 6.98. The molecule has 0 atom stereocenters. The average Bonchev–Trinajstić information content (AvgIpc) is 3.36. The number of benzene rings is 1. The number of hydrogen-bond acceptors (Lipinski definition) is 7. The van der Waals surface area contributed by atoms with Crippen LogP contribution in [-0.2, 0) is 11.2 Å². The van der Waals surface area contributed by atoms with Gasteiger partial charge in [0.15, 0.2) is 11.5 Å². The van der Waals surface area contributed by atoms with Gasteiger partial charge in [0, 0.05) is 46.0 Å². The largest absolute Gasteiger partial charge is 0.493 e. The number of ether oxygens (including phenoxy) is 3. The average molecular weight is 455 g/mol. The van der Waals surface area contributed by atoms with E-state index >= 15 is 0 Å². The van der Waals surface area contributed by atoms with Crippen molar-refractivity contribution in [2.24, 2.45) is 5.92 Å². The third-order valence-corrected chi connectivity index (χ3v) is 6.62. The quantitative estimate of drug-likeness (QED) is 0.479. The lowest BCUT2D eigenvalue weighted by molar-refractivity contribution is 0.0685. The number of hydrogen-bond donors (Lipinski definition) is 0. The van der Waals surface area contributed by atoms with Crippen LogP contribution in [0.15, 0.2) is 30.5 Å². The van der Waals surface area contributed by atoms with Crippen LogP contribution in [0.3, 0.4) is 0 Å². The zero-order chi connectivity index (χ0) is 22.9. The molecule has 2 aliphatic rings. The molecule has 0 bridgehead atoms. The fourth-order valence-corrected chi connectivity index (χ4v) is 4.70. The first-order valence-corrected chi connectivity index (χ1v) is 12.3. The molecule has 2 fully saturated rings. The van der Waals surface area contributed by atoms with Gasteiger partial charge in [0.1, 0.15) is 11.6 Å². The number of aromatic nitrogens is 2. The van der Waals surface area contributed by atoms with E-state index in [0.29, 0.717) is 18.9 Å². The molecule has 2 aliphatic heterocycles. The first-order valence-electron chi connectivity index (χ1n) is 12.3. The third kappa shape index (κ3) is 7.05. The molecule has 2 aromatic rings. The van der Waals surface area contributed by atoms with Crippen molar-refractivity contribution < 1.29 is 14.2 Å². The van der Waals surface area contributed by atoms with Crippen molar-refractivity contribution in [3.05, 3.63) is 41.9 Å².